The molecule has 3 fully saturated rings. The largest absolute Gasteiger partial charge is 0.308 e. The van der Waals surface area contributed by atoms with Crippen molar-refractivity contribution in [1.82, 2.24) is 13.7 Å². The van der Waals surface area contributed by atoms with Gasteiger partial charge in [-0.3, -0.25) is 0 Å². The minimum atomic E-state index is -0.0148. The summed E-state index contributed by atoms with van der Waals surface area (Å²) in [5, 5.41) is 7.61. The molecular weight excluding hydrogens is 882 g/mol. The topological polar surface area (TPSA) is 14.8 Å². The second kappa shape index (κ2) is 14.4. The van der Waals surface area contributed by atoms with Gasteiger partial charge < -0.3 is 13.7 Å². The molecule has 0 spiro atoms. The maximum atomic E-state index is 2.77. The Balaban J connectivity index is 1.05. The average Bonchev–Trinajstić information content (AvgIpc) is 4.07. The number of rotatable bonds is 4. The third-order valence-electron chi connectivity index (χ3n) is 19.9. The van der Waals surface area contributed by atoms with Crippen molar-refractivity contribution < 1.29 is 0 Å². The third kappa shape index (κ3) is 5.22. The van der Waals surface area contributed by atoms with Gasteiger partial charge in [0, 0.05) is 54.8 Å². The van der Waals surface area contributed by atoms with Crippen LogP contribution in [-0.4, -0.2) is 20.4 Å². The summed E-state index contributed by atoms with van der Waals surface area (Å²) >= 11 is 0. The molecule has 0 saturated carbocycles. The lowest BCUT2D eigenvalue weighted by Crippen LogP contribution is -2.63. The van der Waals surface area contributed by atoms with Crippen molar-refractivity contribution in [2.45, 2.75) is 59.0 Å². The number of hydrogen-bond acceptors (Lipinski definition) is 0. The highest BCUT2D eigenvalue weighted by molar-refractivity contribution is 6.68. The SMILES string of the molecule is CC1(C)C2=CC=CC3C2B2C4C1=CC=CC4C(C)(C)C1C=C(c4ccc5c(c4)c4c6c(c7ccccc7n6-c6ccccc6)c6c(c7ccccc7n6-c6ccccc6)c4n5-c4ccccc4)C=C(C21)C3(C)C. The highest BCUT2D eigenvalue weighted by atomic mass is 15.0. The molecule has 3 nitrogen and oxygen atoms in total. The third-order valence-corrected chi connectivity index (χ3v) is 19.9. The van der Waals surface area contributed by atoms with Gasteiger partial charge in [0.15, 0.2) is 6.71 Å². The van der Waals surface area contributed by atoms with Crippen LogP contribution in [-0.2, 0) is 0 Å². The molecule has 16 rings (SSSR count). The van der Waals surface area contributed by atoms with E-state index in [1.165, 1.54) is 76.6 Å². The average molecular weight is 940 g/mol. The first-order valence-corrected chi connectivity index (χ1v) is 26.9. The van der Waals surface area contributed by atoms with E-state index in [0.29, 0.717) is 41.9 Å². The number of fused-ring (bicyclic) bond motifs is 12. The van der Waals surface area contributed by atoms with Gasteiger partial charge in [0.2, 0.25) is 0 Å². The zero-order valence-corrected chi connectivity index (χ0v) is 42.5. The molecule has 6 heterocycles. The van der Waals surface area contributed by atoms with Crippen molar-refractivity contribution in [3.05, 3.63) is 229 Å². The molecule has 6 atom stereocenters. The van der Waals surface area contributed by atoms with Crippen molar-refractivity contribution in [1.29, 1.82) is 0 Å². The van der Waals surface area contributed by atoms with Crippen LogP contribution in [0.4, 0.5) is 0 Å². The highest BCUT2D eigenvalue weighted by Crippen LogP contribution is 2.77. The minimum absolute atomic E-state index is 0.0148. The zero-order valence-electron chi connectivity index (χ0n) is 42.5. The molecule has 7 aromatic carbocycles. The Labute approximate surface area is 427 Å². The van der Waals surface area contributed by atoms with E-state index in [4.69, 9.17) is 0 Å². The Morgan fingerprint density at radius 1 is 0.425 bits per heavy atom. The monoisotopic (exact) mass is 939 g/mol. The van der Waals surface area contributed by atoms with Gasteiger partial charge in [-0.05, 0) is 118 Å². The van der Waals surface area contributed by atoms with E-state index in [1.54, 1.807) is 16.7 Å². The van der Waals surface area contributed by atoms with E-state index < -0.39 is 0 Å². The molecule has 4 heteroatoms. The molecule has 0 amide bonds. The number of aromatic nitrogens is 3. The standard InChI is InChI=1S/C69H58BN3/c1-67(2)49-30-20-32-51-61(49)70-62-50(67)31-21-33-52(62)69(5,6)54-40-42(39-53(63(54)70)68(51,3)4)41-36-37-57-48(38-41)60-65-58(47-29-17-19-35-56(47)72(65)44-24-12-8-13-25-44)64-59(66(60)73(57)45-26-14-9-15-27-45)46-28-16-18-34-55(46)71(64)43-22-10-7-11-23-43/h7-40,51-53,61-63H,1-6H3. The Hall–Kier alpha value is -7.56. The molecule has 6 aliphatic rings. The normalized spacial score (nSPS) is 24.8. The van der Waals surface area contributed by atoms with Gasteiger partial charge in [-0.2, -0.15) is 0 Å². The van der Waals surface area contributed by atoms with Crippen LogP contribution in [0.1, 0.15) is 47.1 Å². The van der Waals surface area contributed by atoms with Gasteiger partial charge in [-0.15, -0.1) is 0 Å². The summed E-state index contributed by atoms with van der Waals surface area (Å²) in [4.78, 5) is 0. The van der Waals surface area contributed by atoms with Crippen molar-refractivity contribution >= 4 is 77.7 Å². The summed E-state index contributed by atoms with van der Waals surface area (Å²) in [6, 6.07) is 59.0. The molecule has 73 heavy (non-hydrogen) atoms. The van der Waals surface area contributed by atoms with Crippen LogP contribution < -0.4 is 0 Å². The number of allylic oxidation sites excluding steroid dienone is 12. The molecule has 0 N–H and O–H groups in total. The first-order chi connectivity index (χ1) is 35.5. The first kappa shape index (κ1) is 42.0. The lowest BCUT2D eigenvalue weighted by Gasteiger charge is -2.69. The molecule has 3 aliphatic carbocycles. The second-order valence-electron chi connectivity index (χ2n) is 24.1. The quantitative estimate of drug-likeness (QED) is 0.156. The van der Waals surface area contributed by atoms with Gasteiger partial charge >= 0.3 is 0 Å². The Morgan fingerprint density at radius 3 is 1.40 bits per heavy atom. The predicted molar refractivity (Wildman–Crippen MR) is 309 cm³/mol. The Kier molecular flexibility index (Phi) is 8.26. The van der Waals surface area contributed by atoms with E-state index in [1.807, 2.05) is 0 Å². The van der Waals surface area contributed by atoms with E-state index in [0.717, 1.165) is 17.1 Å². The van der Waals surface area contributed by atoms with Gasteiger partial charge in [0.05, 0.1) is 33.1 Å². The molecule has 3 saturated heterocycles. The number of nitrogens with zero attached hydrogens (tertiary/aromatic N) is 3. The molecule has 0 radical (unpaired) electrons. The van der Waals surface area contributed by atoms with E-state index in [-0.39, 0.29) is 16.2 Å². The summed E-state index contributed by atoms with van der Waals surface area (Å²) in [5.41, 5.74) is 18.6. The lowest BCUT2D eigenvalue weighted by atomic mass is 9.10. The fourth-order valence-electron chi connectivity index (χ4n) is 16.8. The van der Waals surface area contributed by atoms with Crippen LogP contribution in [0.25, 0.3) is 88.1 Å². The van der Waals surface area contributed by atoms with Crippen LogP contribution >= 0.6 is 0 Å². The van der Waals surface area contributed by atoms with E-state index in [9.17, 15) is 0 Å². The smallest absolute Gasteiger partial charge is 0.165 e. The summed E-state index contributed by atoms with van der Waals surface area (Å²) < 4.78 is 7.71. The number of para-hydroxylation sites is 5. The fraction of sp³-hybridized carbons (Fsp3) is 0.217. The maximum absolute atomic E-state index is 2.77. The van der Waals surface area contributed by atoms with Gasteiger partial charge in [0.25, 0.3) is 0 Å². The fourth-order valence-corrected chi connectivity index (χ4v) is 16.8. The molecule has 0 bridgehead atoms. The molecule has 3 aromatic heterocycles. The number of hydrogen-bond donors (Lipinski definition) is 0. The van der Waals surface area contributed by atoms with Gasteiger partial charge in [0.1, 0.15) is 0 Å². The van der Waals surface area contributed by atoms with E-state index >= 15 is 0 Å². The molecular formula is C69H58BN3. The van der Waals surface area contributed by atoms with Crippen molar-refractivity contribution in [3.63, 3.8) is 0 Å². The second-order valence-corrected chi connectivity index (χ2v) is 24.1. The van der Waals surface area contributed by atoms with Crippen molar-refractivity contribution in [3.8, 4) is 17.1 Å². The summed E-state index contributed by atoms with van der Waals surface area (Å²) in [6.45, 7) is 16.1. The Morgan fingerprint density at radius 2 is 0.863 bits per heavy atom. The van der Waals surface area contributed by atoms with Gasteiger partial charge in [-0.1, -0.05) is 204 Å². The summed E-state index contributed by atoms with van der Waals surface area (Å²) in [7, 11) is 0. The summed E-state index contributed by atoms with van der Waals surface area (Å²) in [6.07, 6.45) is 20.6. The minimum Gasteiger partial charge on any atom is -0.308 e. The molecule has 6 unspecified atom stereocenters. The zero-order chi connectivity index (χ0) is 48.9. The highest BCUT2D eigenvalue weighted by Gasteiger charge is 2.69. The molecule has 3 aliphatic heterocycles. The van der Waals surface area contributed by atoms with Crippen LogP contribution in [0.3, 0.4) is 0 Å². The van der Waals surface area contributed by atoms with Crippen molar-refractivity contribution in [2.24, 2.45) is 34.0 Å². The van der Waals surface area contributed by atoms with Crippen molar-refractivity contribution in [2.75, 3.05) is 0 Å². The predicted octanol–water partition coefficient (Wildman–Crippen LogP) is 17.9. The Bertz CT molecular complexity index is 4190. The molecule has 352 valence electrons. The first-order valence-electron chi connectivity index (χ1n) is 26.9. The van der Waals surface area contributed by atoms with E-state index in [2.05, 4.69) is 262 Å². The summed E-state index contributed by atoms with van der Waals surface area (Å²) in [5.74, 6) is 2.90. The van der Waals surface area contributed by atoms with Crippen LogP contribution in [0, 0.1) is 34.0 Å². The van der Waals surface area contributed by atoms with Crippen LogP contribution in [0.15, 0.2) is 223 Å². The van der Waals surface area contributed by atoms with Crippen LogP contribution in [0.2, 0.25) is 17.5 Å². The van der Waals surface area contributed by atoms with Crippen LogP contribution in [0.5, 0.6) is 0 Å². The van der Waals surface area contributed by atoms with Gasteiger partial charge in [-0.25, -0.2) is 0 Å². The maximum Gasteiger partial charge on any atom is 0.165 e. The molecule has 10 aromatic rings. The number of benzene rings is 7. The lowest BCUT2D eigenvalue weighted by molar-refractivity contribution is 0.120.